The van der Waals surface area contributed by atoms with Crippen LogP contribution in [0.3, 0.4) is 0 Å². The number of anilines is 2. The number of carbonyl (C=O) groups excluding carboxylic acids is 3. The van der Waals surface area contributed by atoms with E-state index in [9.17, 15) is 14.4 Å². The van der Waals surface area contributed by atoms with E-state index in [4.69, 9.17) is 4.74 Å². The molecule has 2 heterocycles. The molecule has 4 rings (SSSR count). The fraction of sp³-hybridized carbons (Fsp3) is 0.227. The first-order valence-electron chi connectivity index (χ1n) is 9.51. The van der Waals surface area contributed by atoms with E-state index in [0.717, 1.165) is 28.6 Å². The van der Waals surface area contributed by atoms with E-state index in [2.05, 4.69) is 10.3 Å². The van der Waals surface area contributed by atoms with Crippen LogP contribution in [0.1, 0.15) is 18.4 Å². The first-order chi connectivity index (χ1) is 14.1. The van der Waals surface area contributed by atoms with Crippen molar-refractivity contribution in [2.24, 2.45) is 0 Å². The second-order valence-electron chi connectivity index (χ2n) is 6.94. The average Bonchev–Trinajstić information content (AvgIpc) is 3.33. The van der Waals surface area contributed by atoms with Crippen LogP contribution in [0.25, 0.3) is 10.9 Å². The van der Waals surface area contributed by atoms with Gasteiger partial charge in [0.1, 0.15) is 0 Å². The van der Waals surface area contributed by atoms with Crippen LogP contribution in [0.4, 0.5) is 11.4 Å². The lowest BCUT2D eigenvalue weighted by Gasteiger charge is -2.16. The minimum Gasteiger partial charge on any atom is -0.455 e. The molecule has 1 aromatic heterocycles. The summed E-state index contributed by atoms with van der Waals surface area (Å²) in [4.78, 5) is 41.0. The maximum absolute atomic E-state index is 12.2. The number of benzene rings is 2. The Bertz CT molecular complexity index is 1070. The molecule has 1 aliphatic heterocycles. The van der Waals surface area contributed by atoms with Crippen LogP contribution in [0.2, 0.25) is 0 Å². The summed E-state index contributed by atoms with van der Waals surface area (Å²) in [6, 6.07) is 14.8. The zero-order valence-electron chi connectivity index (χ0n) is 15.8. The molecule has 7 nitrogen and oxygen atoms in total. The number of ether oxygens (including phenoxy) is 1. The number of fused-ring (bicyclic) bond motifs is 1. The molecule has 0 radical (unpaired) electrons. The van der Waals surface area contributed by atoms with Gasteiger partial charge in [0.05, 0.1) is 6.42 Å². The number of carbonyl (C=O) groups is 3. The average molecular weight is 391 g/mol. The number of amides is 2. The van der Waals surface area contributed by atoms with Crippen molar-refractivity contribution in [1.82, 2.24) is 4.98 Å². The van der Waals surface area contributed by atoms with E-state index >= 15 is 0 Å². The van der Waals surface area contributed by atoms with Gasteiger partial charge in [-0.1, -0.05) is 24.3 Å². The molecule has 0 aliphatic carbocycles. The Labute approximate surface area is 167 Å². The van der Waals surface area contributed by atoms with Crippen molar-refractivity contribution in [3.63, 3.8) is 0 Å². The monoisotopic (exact) mass is 391 g/mol. The van der Waals surface area contributed by atoms with Crippen LogP contribution in [-0.2, 0) is 25.5 Å². The minimum atomic E-state index is -0.471. The smallest absolute Gasteiger partial charge is 0.310 e. The molecule has 0 bridgehead atoms. The standard InChI is InChI=1S/C22H21N3O4/c26-20(24-16-5-3-6-17(12-16)25-10-4-9-21(25)27)14-29-22(28)11-15-13-23-19-8-2-1-7-18(15)19/h1-3,5-8,12-13,23H,4,9-11,14H2,(H,24,26). The Hall–Kier alpha value is -3.61. The maximum atomic E-state index is 12.2. The number of hydrogen-bond acceptors (Lipinski definition) is 4. The number of aromatic nitrogens is 1. The number of hydrogen-bond donors (Lipinski definition) is 2. The Kier molecular flexibility index (Phi) is 5.29. The van der Waals surface area contributed by atoms with Gasteiger partial charge in [0.25, 0.3) is 5.91 Å². The van der Waals surface area contributed by atoms with Gasteiger partial charge < -0.3 is 19.9 Å². The number of nitrogens with zero attached hydrogens (tertiary/aromatic N) is 1. The van der Waals surface area contributed by atoms with Crippen LogP contribution in [0, 0.1) is 0 Å². The lowest BCUT2D eigenvalue weighted by atomic mass is 10.1. The molecule has 3 aromatic rings. The van der Waals surface area contributed by atoms with Gasteiger partial charge in [0.2, 0.25) is 5.91 Å². The SMILES string of the molecule is O=C(COC(=O)Cc1c[nH]c2ccccc12)Nc1cccc(N2CCCC2=O)c1. The van der Waals surface area contributed by atoms with E-state index in [-0.39, 0.29) is 18.9 Å². The fourth-order valence-corrected chi connectivity index (χ4v) is 3.50. The number of rotatable bonds is 6. The lowest BCUT2D eigenvalue weighted by Crippen LogP contribution is -2.24. The van der Waals surface area contributed by atoms with E-state index in [1.807, 2.05) is 30.3 Å². The predicted octanol–water partition coefficient (Wildman–Crippen LogP) is 3.02. The maximum Gasteiger partial charge on any atom is 0.310 e. The second-order valence-corrected chi connectivity index (χ2v) is 6.94. The van der Waals surface area contributed by atoms with Crippen molar-refractivity contribution >= 4 is 40.1 Å². The van der Waals surface area contributed by atoms with Crippen molar-refractivity contribution in [2.75, 3.05) is 23.4 Å². The Morgan fingerprint density at radius 2 is 2.00 bits per heavy atom. The summed E-state index contributed by atoms with van der Waals surface area (Å²) < 4.78 is 5.12. The molecular weight excluding hydrogens is 370 g/mol. The first-order valence-corrected chi connectivity index (χ1v) is 9.51. The van der Waals surface area contributed by atoms with Crippen molar-refractivity contribution in [2.45, 2.75) is 19.3 Å². The van der Waals surface area contributed by atoms with Crippen LogP contribution in [0.15, 0.2) is 54.7 Å². The highest BCUT2D eigenvalue weighted by Gasteiger charge is 2.21. The third-order valence-electron chi connectivity index (χ3n) is 4.89. The molecule has 1 saturated heterocycles. The van der Waals surface area contributed by atoms with Crippen molar-refractivity contribution in [3.8, 4) is 0 Å². The summed E-state index contributed by atoms with van der Waals surface area (Å²) in [7, 11) is 0. The van der Waals surface area contributed by atoms with Gasteiger partial charge in [0, 0.05) is 41.4 Å². The summed E-state index contributed by atoms with van der Waals surface area (Å²) >= 11 is 0. The number of H-pyrrole nitrogens is 1. The van der Waals surface area contributed by atoms with Crippen molar-refractivity contribution in [3.05, 3.63) is 60.3 Å². The van der Waals surface area contributed by atoms with Gasteiger partial charge in [0.15, 0.2) is 6.61 Å². The summed E-state index contributed by atoms with van der Waals surface area (Å²) in [5.41, 5.74) is 3.08. The van der Waals surface area contributed by atoms with Gasteiger partial charge in [-0.3, -0.25) is 14.4 Å². The molecule has 29 heavy (non-hydrogen) atoms. The largest absolute Gasteiger partial charge is 0.455 e. The molecule has 0 saturated carbocycles. The molecule has 2 amide bonds. The first kappa shape index (κ1) is 18.7. The molecular formula is C22H21N3O4. The van der Waals surface area contributed by atoms with Crippen molar-refractivity contribution in [1.29, 1.82) is 0 Å². The third-order valence-corrected chi connectivity index (χ3v) is 4.89. The van der Waals surface area contributed by atoms with Crippen LogP contribution >= 0.6 is 0 Å². The molecule has 2 aromatic carbocycles. The Morgan fingerprint density at radius 3 is 2.83 bits per heavy atom. The van der Waals surface area contributed by atoms with Crippen LogP contribution in [0.5, 0.6) is 0 Å². The molecule has 7 heteroatoms. The minimum absolute atomic E-state index is 0.0830. The quantitative estimate of drug-likeness (QED) is 0.632. The summed E-state index contributed by atoms with van der Waals surface area (Å²) in [6.07, 6.45) is 3.24. The highest BCUT2D eigenvalue weighted by atomic mass is 16.5. The Balaban J connectivity index is 1.31. The summed E-state index contributed by atoms with van der Waals surface area (Å²) in [6.45, 7) is 0.315. The number of esters is 1. The third kappa shape index (κ3) is 4.29. The van der Waals surface area contributed by atoms with Crippen LogP contribution < -0.4 is 10.2 Å². The highest BCUT2D eigenvalue weighted by molar-refractivity contribution is 5.97. The van der Waals surface area contributed by atoms with Crippen LogP contribution in [-0.4, -0.2) is 35.9 Å². The van der Waals surface area contributed by atoms with E-state index < -0.39 is 11.9 Å². The Morgan fingerprint density at radius 1 is 1.14 bits per heavy atom. The van der Waals surface area contributed by atoms with E-state index in [1.54, 1.807) is 29.3 Å². The van der Waals surface area contributed by atoms with Gasteiger partial charge >= 0.3 is 5.97 Å². The van der Waals surface area contributed by atoms with Gasteiger partial charge in [-0.05, 0) is 36.2 Å². The molecule has 1 fully saturated rings. The van der Waals surface area contributed by atoms with Gasteiger partial charge in [-0.15, -0.1) is 0 Å². The topological polar surface area (TPSA) is 91.5 Å². The molecule has 1 aliphatic rings. The van der Waals surface area contributed by atoms with Gasteiger partial charge in [-0.2, -0.15) is 0 Å². The molecule has 148 valence electrons. The molecule has 0 spiro atoms. The van der Waals surface area contributed by atoms with E-state index in [0.29, 0.717) is 18.7 Å². The lowest BCUT2D eigenvalue weighted by molar-refractivity contribution is -0.146. The van der Waals surface area contributed by atoms with Crippen molar-refractivity contribution < 1.29 is 19.1 Å². The fourth-order valence-electron chi connectivity index (χ4n) is 3.50. The summed E-state index contributed by atoms with van der Waals surface area (Å²) in [5.74, 6) is -0.817. The highest BCUT2D eigenvalue weighted by Crippen LogP contribution is 2.24. The zero-order chi connectivity index (χ0) is 20.2. The molecule has 0 atom stereocenters. The second kappa shape index (κ2) is 8.18. The predicted molar refractivity (Wildman–Crippen MR) is 110 cm³/mol. The number of nitrogens with one attached hydrogen (secondary N) is 2. The number of para-hydroxylation sites is 1. The van der Waals surface area contributed by atoms with Gasteiger partial charge in [-0.25, -0.2) is 0 Å². The normalized spacial score (nSPS) is 13.7. The molecule has 0 unspecified atom stereocenters. The number of aromatic amines is 1. The summed E-state index contributed by atoms with van der Waals surface area (Å²) in [5, 5.41) is 3.66. The van der Waals surface area contributed by atoms with E-state index in [1.165, 1.54) is 0 Å². The molecule has 2 N–H and O–H groups in total. The zero-order valence-corrected chi connectivity index (χ0v) is 15.8.